The van der Waals surface area contributed by atoms with Crippen LogP contribution in [-0.4, -0.2) is 26.9 Å². The van der Waals surface area contributed by atoms with Gasteiger partial charge >= 0.3 is 11.7 Å². The molecule has 0 fully saturated rings. The Bertz CT molecular complexity index is 1110. The van der Waals surface area contributed by atoms with Crippen LogP contribution >= 0.6 is 0 Å². The van der Waals surface area contributed by atoms with E-state index in [-0.39, 0.29) is 27.9 Å². The number of allylic oxidation sites excluding steroid dienone is 5. The molecule has 0 aliphatic rings. The zero-order chi connectivity index (χ0) is 20.0. The number of nitrogens with zero attached hydrogens (tertiary/aromatic N) is 1. The van der Waals surface area contributed by atoms with Crippen LogP contribution in [-0.2, 0) is 4.79 Å². The van der Waals surface area contributed by atoms with Crippen LogP contribution in [0.1, 0.15) is 16.8 Å². The molecular weight excluding hydrogens is 352 g/mol. The summed E-state index contributed by atoms with van der Waals surface area (Å²) in [4.78, 5) is 37.0. The molecule has 0 aliphatic carbocycles. The number of carbonyl (C=O) groups excluding carboxylic acids is 1. The average molecular weight is 366 g/mol. The van der Waals surface area contributed by atoms with Gasteiger partial charge in [0.1, 0.15) is 11.6 Å². The number of nitrogens with one attached hydrogen (secondary N) is 1. The predicted molar refractivity (Wildman–Crippen MR) is 96.1 cm³/mol. The van der Waals surface area contributed by atoms with Gasteiger partial charge in [0.25, 0.3) is 0 Å². The number of H-pyrrole nitrogens is 1. The molecule has 136 valence electrons. The number of aliphatic hydroxyl groups is 1. The van der Waals surface area contributed by atoms with E-state index in [2.05, 4.69) is 11.6 Å². The summed E-state index contributed by atoms with van der Waals surface area (Å²) < 4.78 is 4.89. The summed E-state index contributed by atoms with van der Waals surface area (Å²) in [7, 11) is 0. The van der Waals surface area contributed by atoms with Crippen molar-refractivity contribution >= 4 is 22.9 Å². The first kappa shape index (κ1) is 19.2. The number of carboxylic acid groups (broad SMARTS) is 1. The van der Waals surface area contributed by atoms with E-state index in [0.29, 0.717) is 11.8 Å². The molecule has 8 nitrogen and oxygen atoms in total. The van der Waals surface area contributed by atoms with Crippen LogP contribution in [0, 0.1) is 11.3 Å². The van der Waals surface area contributed by atoms with Gasteiger partial charge in [-0.25, -0.2) is 4.79 Å². The molecule has 2 rings (SSSR count). The number of aromatic amines is 1. The second-order valence-electron chi connectivity index (χ2n) is 5.35. The highest BCUT2D eigenvalue weighted by molar-refractivity contribution is 6.12. The lowest BCUT2D eigenvalue weighted by atomic mass is 10.0. The smallest absolute Gasteiger partial charge is 0.417 e. The summed E-state index contributed by atoms with van der Waals surface area (Å²) in [5.41, 5.74) is 0.798. The molecule has 0 radical (unpaired) electrons. The number of ketones is 1. The van der Waals surface area contributed by atoms with E-state index in [1.807, 2.05) is 0 Å². The molecule has 0 bridgehead atoms. The molecule has 8 heteroatoms. The maximum Gasteiger partial charge on any atom is 0.417 e. The minimum absolute atomic E-state index is 0.0638. The minimum atomic E-state index is -1.16. The van der Waals surface area contributed by atoms with Gasteiger partial charge in [0.05, 0.1) is 18.2 Å². The highest BCUT2D eigenvalue weighted by Gasteiger charge is 2.14. The number of Topliss-reactive ketones (excluding diaryl/α,β-unsaturated/α-hetero) is 1. The Morgan fingerprint density at radius 3 is 2.67 bits per heavy atom. The largest absolute Gasteiger partial charge is 0.515 e. The van der Waals surface area contributed by atoms with E-state index in [9.17, 15) is 19.6 Å². The number of aromatic nitrogens is 1. The molecule has 0 atom stereocenters. The molecular formula is C19H14N2O6. The van der Waals surface area contributed by atoms with Crippen molar-refractivity contribution in [3.63, 3.8) is 0 Å². The first-order chi connectivity index (χ1) is 12.9. The third-order valence-corrected chi connectivity index (χ3v) is 3.47. The molecule has 27 heavy (non-hydrogen) atoms. The number of hydrogen-bond acceptors (Lipinski definition) is 6. The number of rotatable bonds is 7. The van der Waals surface area contributed by atoms with E-state index in [1.165, 1.54) is 36.4 Å². The molecule has 0 saturated carbocycles. The summed E-state index contributed by atoms with van der Waals surface area (Å²) in [6, 6.07) is 6.02. The molecule has 0 saturated heterocycles. The van der Waals surface area contributed by atoms with Crippen molar-refractivity contribution in [1.82, 2.24) is 4.98 Å². The maximum absolute atomic E-state index is 12.6. The van der Waals surface area contributed by atoms with Crippen molar-refractivity contribution in [3.8, 4) is 6.07 Å². The monoisotopic (exact) mass is 366 g/mol. The number of fused-ring (bicyclic) bond motifs is 1. The molecule has 2 aromatic rings. The molecule has 0 unspecified atom stereocenters. The third-order valence-electron chi connectivity index (χ3n) is 3.47. The van der Waals surface area contributed by atoms with Crippen LogP contribution in [0.2, 0.25) is 0 Å². The SMILES string of the molecule is C=CC(=C\C(=C\O)CC(=O)O)/C=C(\C#N)C(=O)c1ccc2[nH]c(=O)oc2c1. The summed E-state index contributed by atoms with van der Waals surface area (Å²) in [5.74, 6) is -2.44. The number of aliphatic hydroxyl groups excluding tert-OH is 1. The first-order valence-corrected chi connectivity index (χ1v) is 7.56. The normalized spacial score (nSPS) is 12.6. The zero-order valence-corrected chi connectivity index (χ0v) is 13.9. The van der Waals surface area contributed by atoms with Gasteiger partial charge in [-0.3, -0.25) is 14.6 Å². The highest BCUT2D eigenvalue weighted by Crippen LogP contribution is 2.17. The van der Waals surface area contributed by atoms with E-state index in [0.717, 1.165) is 0 Å². The Labute approximate surface area is 152 Å². The topological polar surface area (TPSA) is 144 Å². The van der Waals surface area contributed by atoms with Crippen LogP contribution in [0.4, 0.5) is 0 Å². The fourth-order valence-corrected chi connectivity index (χ4v) is 2.24. The van der Waals surface area contributed by atoms with E-state index < -0.39 is 23.9 Å². The van der Waals surface area contributed by atoms with Crippen LogP contribution in [0.15, 0.2) is 75.2 Å². The standard InChI is InChI=1S/C19H14N2O6/c1-2-11(5-12(10-22)7-17(23)24)6-14(9-20)18(25)13-3-4-15-16(8-13)27-19(26)21-15/h2-6,8,10,22H,1,7H2,(H,21,26)(H,23,24)/b11-5+,12-10-,14-6+. The lowest BCUT2D eigenvalue weighted by Gasteiger charge is -2.02. The molecule has 1 aromatic carbocycles. The van der Waals surface area contributed by atoms with Gasteiger partial charge in [0.2, 0.25) is 5.78 Å². The van der Waals surface area contributed by atoms with E-state index >= 15 is 0 Å². The number of carboxylic acids is 1. The molecule has 0 aliphatic heterocycles. The lowest BCUT2D eigenvalue weighted by molar-refractivity contribution is -0.136. The summed E-state index contributed by atoms with van der Waals surface area (Å²) in [6.07, 6.45) is 4.00. The average Bonchev–Trinajstić information content (AvgIpc) is 3.02. The zero-order valence-electron chi connectivity index (χ0n) is 13.9. The van der Waals surface area contributed by atoms with Gasteiger partial charge in [0, 0.05) is 5.56 Å². The van der Waals surface area contributed by atoms with E-state index in [4.69, 9.17) is 14.6 Å². The third kappa shape index (κ3) is 4.70. The number of aliphatic carboxylic acids is 1. The van der Waals surface area contributed by atoms with Gasteiger partial charge in [-0.2, -0.15) is 5.26 Å². The molecule has 0 spiro atoms. The molecule has 0 amide bonds. The number of carbonyl (C=O) groups is 2. The van der Waals surface area contributed by atoms with Crippen molar-refractivity contribution in [3.05, 3.63) is 82.1 Å². The van der Waals surface area contributed by atoms with Crippen LogP contribution in [0.5, 0.6) is 0 Å². The Balaban J connectivity index is 2.40. The number of hydrogen-bond donors (Lipinski definition) is 3. The molecule has 3 N–H and O–H groups in total. The number of nitriles is 1. The minimum Gasteiger partial charge on any atom is -0.515 e. The fourth-order valence-electron chi connectivity index (χ4n) is 2.24. The van der Waals surface area contributed by atoms with Gasteiger partial charge in [0.15, 0.2) is 5.58 Å². The van der Waals surface area contributed by atoms with Gasteiger partial charge in [-0.1, -0.05) is 12.7 Å². The van der Waals surface area contributed by atoms with Gasteiger partial charge in [-0.15, -0.1) is 0 Å². The van der Waals surface area contributed by atoms with Crippen molar-refractivity contribution < 1.29 is 24.2 Å². The van der Waals surface area contributed by atoms with E-state index in [1.54, 1.807) is 6.07 Å². The van der Waals surface area contributed by atoms with Crippen LogP contribution < -0.4 is 5.76 Å². The summed E-state index contributed by atoms with van der Waals surface area (Å²) in [6.45, 7) is 3.55. The summed E-state index contributed by atoms with van der Waals surface area (Å²) in [5, 5.41) is 27.2. The van der Waals surface area contributed by atoms with Crippen LogP contribution in [0.3, 0.4) is 0 Å². The van der Waals surface area contributed by atoms with Crippen molar-refractivity contribution in [2.24, 2.45) is 0 Å². The van der Waals surface area contributed by atoms with Gasteiger partial charge < -0.3 is 14.6 Å². The second-order valence-corrected chi connectivity index (χ2v) is 5.35. The van der Waals surface area contributed by atoms with Crippen molar-refractivity contribution in [2.75, 3.05) is 0 Å². The molecule has 1 aromatic heterocycles. The number of oxazole rings is 1. The van der Waals surface area contributed by atoms with Crippen LogP contribution in [0.25, 0.3) is 11.1 Å². The fraction of sp³-hybridized carbons (Fsp3) is 0.0526. The quantitative estimate of drug-likeness (QED) is 0.225. The summed E-state index contributed by atoms with van der Waals surface area (Å²) >= 11 is 0. The van der Waals surface area contributed by atoms with Gasteiger partial charge in [-0.05, 0) is 41.5 Å². The second kappa shape index (κ2) is 8.31. The molecule has 1 heterocycles. The Hall–Kier alpha value is -4.12. The predicted octanol–water partition coefficient (Wildman–Crippen LogP) is 2.78. The Morgan fingerprint density at radius 1 is 1.33 bits per heavy atom. The van der Waals surface area contributed by atoms with Crippen molar-refractivity contribution in [1.29, 1.82) is 5.26 Å². The maximum atomic E-state index is 12.6. The highest BCUT2D eigenvalue weighted by atomic mass is 16.4. The number of benzene rings is 1. The Morgan fingerprint density at radius 2 is 2.07 bits per heavy atom. The lowest BCUT2D eigenvalue weighted by Crippen LogP contribution is -2.02. The first-order valence-electron chi connectivity index (χ1n) is 7.56. The Kier molecular flexibility index (Phi) is 5.91. The van der Waals surface area contributed by atoms with Crippen molar-refractivity contribution in [2.45, 2.75) is 6.42 Å².